The SMILES string of the molecule is CN(C)CCNCc1cccc(-c2c[nH]c3ncnc(N4CCCCC4)c23)c1. The van der Waals surface area contributed by atoms with Crippen molar-refractivity contribution in [1.29, 1.82) is 0 Å². The van der Waals surface area contributed by atoms with Gasteiger partial charge in [-0.2, -0.15) is 0 Å². The molecule has 3 heterocycles. The lowest BCUT2D eigenvalue weighted by atomic mass is 10.0. The molecule has 0 radical (unpaired) electrons. The van der Waals surface area contributed by atoms with Gasteiger partial charge >= 0.3 is 0 Å². The minimum Gasteiger partial charge on any atom is -0.356 e. The zero-order valence-corrected chi connectivity index (χ0v) is 16.9. The Hall–Kier alpha value is -2.44. The van der Waals surface area contributed by atoms with E-state index in [1.54, 1.807) is 6.33 Å². The lowest BCUT2D eigenvalue weighted by Crippen LogP contribution is -2.30. The van der Waals surface area contributed by atoms with Gasteiger partial charge in [-0.05, 0) is 50.6 Å². The third kappa shape index (κ3) is 4.18. The second-order valence-electron chi connectivity index (χ2n) is 7.85. The lowest BCUT2D eigenvalue weighted by molar-refractivity contribution is 0.400. The van der Waals surface area contributed by atoms with Gasteiger partial charge in [-0.15, -0.1) is 0 Å². The standard InChI is InChI=1S/C22H30N6/c1-27(2)12-9-23-14-17-7-6-8-18(13-17)19-15-24-21-20(19)22(26-16-25-21)28-10-4-3-5-11-28/h6-8,13,15-16,23H,3-5,9-12,14H2,1-2H3,(H,24,25,26). The van der Waals surface area contributed by atoms with Crippen LogP contribution in [0.15, 0.2) is 36.8 Å². The highest BCUT2D eigenvalue weighted by atomic mass is 15.2. The molecule has 1 aliphatic heterocycles. The molecule has 1 aromatic carbocycles. The van der Waals surface area contributed by atoms with Gasteiger partial charge < -0.3 is 20.1 Å². The smallest absolute Gasteiger partial charge is 0.143 e. The fourth-order valence-corrected chi connectivity index (χ4v) is 3.90. The van der Waals surface area contributed by atoms with Crippen LogP contribution in [-0.2, 0) is 6.54 Å². The van der Waals surface area contributed by atoms with Gasteiger partial charge in [0.25, 0.3) is 0 Å². The summed E-state index contributed by atoms with van der Waals surface area (Å²) < 4.78 is 0. The summed E-state index contributed by atoms with van der Waals surface area (Å²) in [6, 6.07) is 8.78. The molecule has 4 rings (SSSR count). The second-order valence-corrected chi connectivity index (χ2v) is 7.85. The van der Waals surface area contributed by atoms with E-state index in [1.165, 1.54) is 36.0 Å². The maximum absolute atomic E-state index is 4.67. The third-order valence-corrected chi connectivity index (χ3v) is 5.41. The summed E-state index contributed by atoms with van der Waals surface area (Å²) in [5, 5.41) is 4.66. The molecule has 0 amide bonds. The Bertz CT molecular complexity index is 910. The number of likely N-dealkylation sites (N-methyl/N-ethyl adjacent to an activating group) is 1. The number of nitrogens with one attached hydrogen (secondary N) is 2. The number of rotatable bonds is 7. The normalized spacial score (nSPS) is 14.9. The predicted octanol–water partition coefficient (Wildman–Crippen LogP) is 3.27. The van der Waals surface area contributed by atoms with Crippen molar-refractivity contribution < 1.29 is 0 Å². The van der Waals surface area contributed by atoms with Crippen LogP contribution in [0, 0.1) is 0 Å². The Kier molecular flexibility index (Phi) is 5.88. The molecule has 0 spiro atoms. The predicted molar refractivity (Wildman–Crippen MR) is 116 cm³/mol. The lowest BCUT2D eigenvalue weighted by Gasteiger charge is -2.28. The number of H-pyrrole nitrogens is 1. The molecule has 0 aliphatic carbocycles. The van der Waals surface area contributed by atoms with Gasteiger partial charge in [0.05, 0.1) is 5.39 Å². The molecule has 3 aromatic rings. The molecular weight excluding hydrogens is 348 g/mol. The molecule has 0 saturated carbocycles. The number of hydrogen-bond acceptors (Lipinski definition) is 5. The third-order valence-electron chi connectivity index (χ3n) is 5.41. The van der Waals surface area contributed by atoms with Crippen LogP contribution in [0.1, 0.15) is 24.8 Å². The number of aromatic nitrogens is 3. The van der Waals surface area contributed by atoms with Crippen LogP contribution in [0.25, 0.3) is 22.2 Å². The Balaban J connectivity index is 1.61. The number of nitrogens with zero attached hydrogens (tertiary/aromatic N) is 4. The molecule has 6 nitrogen and oxygen atoms in total. The number of benzene rings is 1. The first-order valence-electron chi connectivity index (χ1n) is 10.2. The Labute approximate surface area is 167 Å². The summed E-state index contributed by atoms with van der Waals surface area (Å²) >= 11 is 0. The number of hydrogen-bond donors (Lipinski definition) is 2. The maximum atomic E-state index is 4.67. The largest absolute Gasteiger partial charge is 0.356 e. The number of piperidine rings is 1. The molecule has 6 heteroatoms. The van der Waals surface area contributed by atoms with E-state index in [0.717, 1.165) is 49.6 Å². The molecule has 0 atom stereocenters. The molecule has 2 N–H and O–H groups in total. The summed E-state index contributed by atoms with van der Waals surface area (Å²) in [5.41, 5.74) is 4.61. The Morgan fingerprint density at radius 1 is 1.14 bits per heavy atom. The monoisotopic (exact) mass is 378 g/mol. The van der Waals surface area contributed by atoms with Gasteiger partial charge in [0, 0.05) is 44.5 Å². The van der Waals surface area contributed by atoms with Crippen molar-refractivity contribution in [3.63, 3.8) is 0 Å². The van der Waals surface area contributed by atoms with Crippen LogP contribution in [0.4, 0.5) is 5.82 Å². The van der Waals surface area contributed by atoms with Gasteiger partial charge in [-0.1, -0.05) is 18.2 Å². The van der Waals surface area contributed by atoms with Crippen molar-refractivity contribution >= 4 is 16.9 Å². The summed E-state index contributed by atoms with van der Waals surface area (Å²) in [5.74, 6) is 1.07. The van der Waals surface area contributed by atoms with Crippen molar-refractivity contribution in [2.75, 3.05) is 45.2 Å². The van der Waals surface area contributed by atoms with E-state index in [-0.39, 0.29) is 0 Å². The maximum Gasteiger partial charge on any atom is 0.143 e. The van der Waals surface area contributed by atoms with Crippen molar-refractivity contribution in [1.82, 2.24) is 25.2 Å². The van der Waals surface area contributed by atoms with E-state index in [0.29, 0.717) is 0 Å². The molecule has 1 fully saturated rings. The van der Waals surface area contributed by atoms with Crippen molar-refractivity contribution in [2.24, 2.45) is 0 Å². The van der Waals surface area contributed by atoms with E-state index in [4.69, 9.17) is 0 Å². The van der Waals surface area contributed by atoms with Crippen molar-refractivity contribution in [3.8, 4) is 11.1 Å². The molecule has 1 saturated heterocycles. The van der Waals surface area contributed by atoms with E-state index < -0.39 is 0 Å². The van der Waals surface area contributed by atoms with E-state index >= 15 is 0 Å². The summed E-state index contributed by atoms with van der Waals surface area (Å²) in [6.45, 7) is 5.05. The first kappa shape index (κ1) is 18.9. The highest BCUT2D eigenvalue weighted by Crippen LogP contribution is 2.34. The van der Waals surface area contributed by atoms with Crippen LogP contribution in [0.5, 0.6) is 0 Å². The van der Waals surface area contributed by atoms with Crippen LogP contribution in [-0.4, -0.2) is 60.1 Å². The van der Waals surface area contributed by atoms with Gasteiger partial charge in [-0.3, -0.25) is 0 Å². The van der Waals surface area contributed by atoms with Gasteiger partial charge in [-0.25, -0.2) is 9.97 Å². The molecule has 0 bridgehead atoms. The minimum atomic E-state index is 0.875. The summed E-state index contributed by atoms with van der Waals surface area (Å²) in [6.07, 6.45) is 7.54. The Morgan fingerprint density at radius 3 is 2.82 bits per heavy atom. The number of anilines is 1. The molecule has 1 aliphatic rings. The molecule has 28 heavy (non-hydrogen) atoms. The van der Waals surface area contributed by atoms with Gasteiger partial charge in [0.1, 0.15) is 17.8 Å². The summed E-state index contributed by atoms with van der Waals surface area (Å²) in [4.78, 5) is 17.1. The minimum absolute atomic E-state index is 0.875. The highest BCUT2D eigenvalue weighted by Gasteiger charge is 2.19. The second kappa shape index (κ2) is 8.71. The fraction of sp³-hybridized carbons (Fsp3) is 0.455. The van der Waals surface area contributed by atoms with Crippen molar-refractivity contribution in [3.05, 3.63) is 42.4 Å². The first-order valence-corrected chi connectivity index (χ1v) is 10.2. The van der Waals surface area contributed by atoms with Crippen LogP contribution >= 0.6 is 0 Å². The molecule has 0 unspecified atom stereocenters. The topological polar surface area (TPSA) is 60.1 Å². The molecule has 2 aromatic heterocycles. The molecular formula is C22H30N6. The fourth-order valence-electron chi connectivity index (χ4n) is 3.90. The van der Waals surface area contributed by atoms with Crippen LogP contribution in [0.3, 0.4) is 0 Å². The van der Waals surface area contributed by atoms with E-state index in [2.05, 4.69) is 74.6 Å². The average Bonchev–Trinajstić information content (AvgIpc) is 3.16. The molecule has 148 valence electrons. The van der Waals surface area contributed by atoms with E-state index in [9.17, 15) is 0 Å². The Morgan fingerprint density at radius 2 is 2.00 bits per heavy atom. The number of aromatic amines is 1. The van der Waals surface area contributed by atoms with Gasteiger partial charge in [0.2, 0.25) is 0 Å². The van der Waals surface area contributed by atoms with Crippen LogP contribution in [0.2, 0.25) is 0 Å². The van der Waals surface area contributed by atoms with Crippen molar-refractivity contribution in [2.45, 2.75) is 25.8 Å². The number of fused-ring (bicyclic) bond motifs is 1. The van der Waals surface area contributed by atoms with Crippen LogP contribution < -0.4 is 10.2 Å². The zero-order valence-electron chi connectivity index (χ0n) is 16.9. The van der Waals surface area contributed by atoms with E-state index in [1.807, 2.05) is 0 Å². The quantitative estimate of drug-likeness (QED) is 0.618. The average molecular weight is 379 g/mol. The first-order chi connectivity index (χ1) is 13.7. The highest BCUT2D eigenvalue weighted by molar-refractivity contribution is 6.01. The van der Waals surface area contributed by atoms with Gasteiger partial charge in [0.15, 0.2) is 0 Å². The zero-order chi connectivity index (χ0) is 19.3. The summed E-state index contributed by atoms with van der Waals surface area (Å²) in [7, 11) is 4.20.